The Morgan fingerprint density at radius 2 is 2.00 bits per heavy atom. The molecular formula is C23H37N5O. The van der Waals surface area contributed by atoms with Crippen molar-refractivity contribution in [1.82, 2.24) is 20.4 Å². The number of amides is 1. The van der Waals surface area contributed by atoms with Gasteiger partial charge < -0.3 is 15.5 Å². The fraction of sp³-hybridized carbons (Fsp3) is 0.652. The third-order valence-corrected chi connectivity index (χ3v) is 6.14. The molecule has 0 aliphatic carbocycles. The first kappa shape index (κ1) is 21.6. The maximum absolute atomic E-state index is 11.9. The van der Waals surface area contributed by atoms with E-state index in [1.807, 2.05) is 11.8 Å². The molecule has 1 amide bonds. The lowest BCUT2D eigenvalue weighted by Gasteiger charge is -2.34. The topological polar surface area (TPSA) is 60.0 Å². The van der Waals surface area contributed by atoms with Gasteiger partial charge in [0.2, 0.25) is 5.91 Å². The van der Waals surface area contributed by atoms with Crippen LogP contribution < -0.4 is 10.6 Å². The van der Waals surface area contributed by atoms with Crippen LogP contribution in [0.4, 0.5) is 0 Å². The van der Waals surface area contributed by atoms with Gasteiger partial charge in [-0.15, -0.1) is 0 Å². The molecule has 29 heavy (non-hydrogen) atoms. The van der Waals surface area contributed by atoms with Gasteiger partial charge in [-0.3, -0.25) is 14.7 Å². The molecule has 0 bridgehead atoms. The number of nitrogens with zero attached hydrogens (tertiary/aromatic N) is 3. The molecule has 3 rings (SSSR count). The van der Waals surface area contributed by atoms with Crippen LogP contribution in [0.1, 0.15) is 51.2 Å². The van der Waals surface area contributed by atoms with Gasteiger partial charge in [-0.25, -0.2) is 0 Å². The molecule has 2 unspecified atom stereocenters. The van der Waals surface area contributed by atoms with E-state index < -0.39 is 0 Å². The van der Waals surface area contributed by atoms with Crippen molar-refractivity contribution in [3.8, 4) is 0 Å². The average Bonchev–Trinajstić information content (AvgIpc) is 3.22. The number of guanidine groups is 1. The Balaban J connectivity index is 1.58. The quantitative estimate of drug-likeness (QED) is 0.546. The molecule has 160 valence electrons. The Labute approximate surface area is 175 Å². The average molecular weight is 400 g/mol. The second-order valence-corrected chi connectivity index (χ2v) is 8.09. The maximum atomic E-state index is 11.9. The molecular weight excluding hydrogens is 362 g/mol. The van der Waals surface area contributed by atoms with Crippen molar-refractivity contribution in [2.75, 3.05) is 32.7 Å². The molecule has 0 radical (unpaired) electrons. The summed E-state index contributed by atoms with van der Waals surface area (Å²) in [7, 11) is 0. The van der Waals surface area contributed by atoms with Gasteiger partial charge in [-0.1, -0.05) is 38.1 Å². The van der Waals surface area contributed by atoms with Crippen molar-refractivity contribution in [3.63, 3.8) is 0 Å². The fourth-order valence-corrected chi connectivity index (χ4v) is 4.37. The molecule has 1 fully saturated rings. The molecule has 0 spiro atoms. The Kier molecular flexibility index (Phi) is 7.92. The molecule has 6 heteroatoms. The highest BCUT2D eigenvalue weighted by Gasteiger charge is 2.26. The molecule has 1 saturated heterocycles. The summed E-state index contributed by atoms with van der Waals surface area (Å²) in [6, 6.07) is 9.52. The van der Waals surface area contributed by atoms with E-state index in [1.54, 1.807) is 0 Å². The summed E-state index contributed by atoms with van der Waals surface area (Å²) >= 11 is 0. The number of rotatable bonds is 7. The van der Waals surface area contributed by atoms with E-state index in [2.05, 4.69) is 53.6 Å². The minimum absolute atomic E-state index is 0.243. The molecule has 2 N–H and O–H groups in total. The standard InChI is InChI=1S/C23H37N5O/c1-4-21(27-13-11-18-9-7-8-10-19(18)16-27)15-25-23(24-6-3)26-20-12-14-28(17-20)22(29)5-2/h7-10,20-21H,4-6,11-17H2,1-3H3,(H2,24,25,26). The summed E-state index contributed by atoms with van der Waals surface area (Å²) in [6.07, 6.45) is 3.78. The monoisotopic (exact) mass is 399 g/mol. The fourth-order valence-electron chi connectivity index (χ4n) is 4.37. The molecule has 0 saturated carbocycles. The molecule has 6 nitrogen and oxygen atoms in total. The smallest absolute Gasteiger partial charge is 0.222 e. The van der Waals surface area contributed by atoms with E-state index in [0.717, 1.165) is 64.5 Å². The number of hydrogen-bond donors (Lipinski definition) is 2. The third kappa shape index (κ3) is 5.72. The molecule has 1 aromatic rings. The van der Waals surface area contributed by atoms with Gasteiger partial charge in [-0.05, 0) is 37.3 Å². The van der Waals surface area contributed by atoms with Crippen LogP contribution in [-0.4, -0.2) is 66.5 Å². The second-order valence-electron chi connectivity index (χ2n) is 8.09. The Morgan fingerprint density at radius 3 is 2.72 bits per heavy atom. The number of carbonyl (C=O) groups is 1. The summed E-state index contributed by atoms with van der Waals surface area (Å²) in [5.41, 5.74) is 2.95. The number of carbonyl (C=O) groups excluding carboxylic acids is 1. The number of hydrogen-bond acceptors (Lipinski definition) is 3. The summed E-state index contributed by atoms with van der Waals surface area (Å²) in [5.74, 6) is 1.12. The lowest BCUT2D eigenvalue weighted by atomic mass is 9.98. The maximum Gasteiger partial charge on any atom is 0.222 e. The van der Waals surface area contributed by atoms with Crippen LogP contribution >= 0.6 is 0 Å². The number of aliphatic imine (C=N–C) groups is 1. The van der Waals surface area contributed by atoms with Gasteiger partial charge in [0.05, 0.1) is 6.54 Å². The Bertz CT molecular complexity index is 704. The summed E-state index contributed by atoms with van der Waals surface area (Å²) < 4.78 is 0. The molecule has 1 aromatic carbocycles. The van der Waals surface area contributed by atoms with Crippen LogP contribution in [0.3, 0.4) is 0 Å². The van der Waals surface area contributed by atoms with Crippen LogP contribution in [0, 0.1) is 0 Å². The van der Waals surface area contributed by atoms with Crippen molar-refractivity contribution in [1.29, 1.82) is 0 Å². The molecule has 2 aliphatic heterocycles. The minimum Gasteiger partial charge on any atom is -0.357 e. The van der Waals surface area contributed by atoms with Crippen LogP contribution in [0.15, 0.2) is 29.3 Å². The van der Waals surface area contributed by atoms with E-state index in [4.69, 9.17) is 4.99 Å². The predicted octanol–water partition coefficient (Wildman–Crippen LogP) is 2.39. The first-order valence-electron chi connectivity index (χ1n) is 11.3. The van der Waals surface area contributed by atoms with Crippen molar-refractivity contribution < 1.29 is 4.79 Å². The van der Waals surface area contributed by atoms with Crippen molar-refractivity contribution in [3.05, 3.63) is 35.4 Å². The highest BCUT2D eigenvalue weighted by atomic mass is 16.2. The van der Waals surface area contributed by atoms with Crippen LogP contribution in [-0.2, 0) is 17.8 Å². The van der Waals surface area contributed by atoms with E-state index in [-0.39, 0.29) is 11.9 Å². The number of likely N-dealkylation sites (tertiary alicyclic amines) is 1. The molecule has 2 heterocycles. The third-order valence-electron chi connectivity index (χ3n) is 6.14. The predicted molar refractivity (Wildman–Crippen MR) is 119 cm³/mol. The van der Waals surface area contributed by atoms with Gasteiger partial charge in [-0.2, -0.15) is 0 Å². The molecule has 2 atom stereocenters. The number of benzene rings is 1. The van der Waals surface area contributed by atoms with Crippen molar-refractivity contribution in [2.24, 2.45) is 4.99 Å². The van der Waals surface area contributed by atoms with E-state index >= 15 is 0 Å². The Hall–Kier alpha value is -2.08. The van der Waals surface area contributed by atoms with Crippen molar-refractivity contribution >= 4 is 11.9 Å². The summed E-state index contributed by atoms with van der Waals surface area (Å²) in [4.78, 5) is 21.4. The van der Waals surface area contributed by atoms with Gasteiger partial charge in [0.15, 0.2) is 5.96 Å². The van der Waals surface area contributed by atoms with E-state index in [0.29, 0.717) is 12.5 Å². The molecule has 2 aliphatic rings. The van der Waals surface area contributed by atoms with Crippen molar-refractivity contribution in [2.45, 2.75) is 65.1 Å². The Morgan fingerprint density at radius 1 is 1.21 bits per heavy atom. The zero-order chi connectivity index (χ0) is 20.6. The van der Waals surface area contributed by atoms with Gasteiger partial charge in [0.25, 0.3) is 0 Å². The van der Waals surface area contributed by atoms with Gasteiger partial charge in [0, 0.05) is 51.2 Å². The highest BCUT2D eigenvalue weighted by molar-refractivity contribution is 5.80. The van der Waals surface area contributed by atoms with Crippen LogP contribution in [0.25, 0.3) is 0 Å². The molecule has 0 aromatic heterocycles. The normalized spacial score (nSPS) is 21.0. The van der Waals surface area contributed by atoms with Gasteiger partial charge in [0.1, 0.15) is 0 Å². The van der Waals surface area contributed by atoms with E-state index in [9.17, 15) is 4.79 Å². The minimum atomic E-state index is 0.243. The zero-order valence-electron chi connectivity index (χ0n) is 18.3. The van der Waals surface area contributed by atoms with Gasteiger partial charge >= 0.3 is 0 Å². The van der Waals surface area contributed by atoms with E-state index in [1.165, 1.54) is 11.1 Å². The highest BCUT2D eigenvalue weighted by Crippen LogP contribution is 2.21. The summed E-state index contributed by atoms with van der Waals surface area (Å²) in [6.45, 7) is 11.6. The van der Waals surface area contributed by atoms with Crippen LogP contribution in [0.2, 0.25) is 0 Å². The number of nitrogens with one attached hydrogen (secondary N) is 2. The lowest BCUT2D eigenvalue weighted by Crippen LogP contribution is -2.46. The second kappa shape index (κ2) is 10.6. The first-order chi connectivity index (χ1) is 14.1. The largest absolute Gasteiger partial charge is 0.357 e. The zero-order valence-corrected chi connectivity index (χ0v) is 18.3. The number of fused-ring (bicyclic) bond motifs is 1. The first-order valence-corrected chi connectivity index (χ1v) is 11.3. The lowest BCUT2D eigenvalue weighted by molar-refractivity contribution is -0.129. The summed E-state index contributed by atoms with van der Waals surface area (Å²) in [5, 5.41) is 6.93. The SMILES string of the molecule is CCNC(=NCC(CC)N1CCc2ccccc2C1)NC1CCN(C(=O)CC)C1. The van der Waals surface area contributed by atoms with Crippen LogP contribution in [0.5, 0.6) is 0 Å².